The van der Waals surface area contributed by atoms with E-state index in [-0.39, 0.29) is 18.9 Å². The maximum absolute atomic E-state index is 12.7. The third kappa shape index (κ3) is 8.64. The largest absolute Gasteiger partial charge is 0.493 e. The van der Waals surface area contributed by atoms with E-state index in [9.17, 15) is 9.59 Å². The molecule has 0 heterocycles. The van der Waals surface area contributed by atoms with Gasteiger partial charge in [-0.1, -0.05) is 31.9 Å². The number of amides is 1. The van der Waals surface area contributed by atoms with Crippen molar-refractivity contribution >= 4 is 23.1 Å². The van der Waals surface area contributed by atoms with Crippen LogP contribution in [0.3, 0.4) is 0 Å². The number of benzene rings is 2. The number of ether oxygens (including phenoxy) is 2. The fourth-order valence-corrected chi connectivity index (χ4v) is 3.48. The van der Waals surface area contributed by atoms with Gasteiger partial charge in [0.05, 0.1) is 18.9 Å². The van der Waals surface area contributed by atoms with Gasteiger partial charge in [-0.2, -0.15) is 0 Å². The first kappa shape index (κ1) is 26.0. The Bertz CT molecular complexity index is 957. The van der Waals surface area contributed by atoms with Gasteiger partial charge in [0, 0.05) is 12.5 Å². The van der Waals surface area contributed by atoms with E-state index in [1.807, 2.05) is 39.0 Å². The summed E-state index contributed by atoms with van der Waals surface area (Å²) in [7, 11) is 0. The Morgan fingerprint density at radius 2 is 1.67 bits per heavy atom. The molecule has 0 radical (unpaired) electrons. The normalized spacial score (nSPS) is 11.2. The first-order valence-corrected chi connectivity index (χ1v) is 11.5. The predicted molar refractivity (Wildman–Crippen MR) is 132 cm³/mol. The molecule has 1 amide bonds. The highest BCUT2D eigenvalue weighted by Crippen LogP contribution is 2.29. The molecule has 6 nitrogen and oxygen atoms in total. The molecule has 0 aliphatic heterocycles. The number of aryl methyl sites for hydroxylation is 2. The highest BCUT2D eigenvalue weighted by atomic mass is 16.5. The Hall–Kier alpha value is -3.28. The lowest BCUT2D eigenvalue weighted by Gasteiger charge is -2.15. The number of allylic oxidation sites excluding steroid dienone is 1. The number of nitrogens with one attached hydrogen (secondary N) is 1. The standard InChI is InChI=1S/C27H35NO5/c1-5-6-9-14-33-27-20(3)16-22(17-21(27)4)19(2)18-25(29)28-23-11-7-8-12-24(23)32-15-10-13-26(30)31/h7-8,11-12,16-18H,5-6,9-10,13-15H2,1-4H3,(H,28,29)(H,30,31)/b19-18+. The van der Waals surface area contributed by atoms with Crippen LogP contribution in [0.2, 0.25) is 0 Å². The molecule has 0 aromatic heterocycles. The summed E-state index contributed by atoms with van der Waals surface area (Å²) in [6.07, 6.45) is 5.36. The van der Waals surface area contributed by atoms with Crippen LogP contribution in [0, 0.1) is 13.8 Å². The summed E-state index contributed by atoms with van der Waals surface area (Å²) in [6.45, 7) is 9.10. The molecule has 0 bridgehead atoms. The van der Waals surface area contributed by atoms with E-state index in [0.29, 0.717) is 24.5 Å². The number of carboxylic acids is 1. The van der Waals surface area contributed by atoms with Crippen molar-refractivity contribution in [2.45, 2.75) is 59.8 Å². The quantitative estimate of drug-likeness (QED) is 0.280. The van der Waals surface area contributed by atoms with Gasteiger partial charge in [-0.15, -0.1) is 0 Å². The molecule has 178 valence electrons. The van der Waals surface area contributed by atoms with Gasteiger partial charge in [-0.3, -0.25) is 9.59 Å². The Morgan fingerprint density at radius 1 is 1.00 bits per heavy atom. The van der Waals surface area contributed by atoms with Gasteiger partial charge in [-0.05, 0) is 80.1 Å². The zero-order chi connectivity index (χ0) is 24.2. The second kappa shape index (κ2) is 13.3. The highest BCUT2D eigenvalue weighted by Gasteiger charge is 2.10. The number of carboxylic acid groups (broad SMARTS) is 1. The number of rotatable bonds is 13. The number of carbonyl (C=O) groups is 2. The molecule has 0 spiro atoms. The topological polar surface area (TPSA) is 84.9 Å². The number of anilines is 1. The van der Waals surface area contributed by atoms with Crippen LogP contribution in [-0.4, -0.2) is 30.2 Å². The second-order valence-electron chi connectivity index (χ2n) is 8.15. The molecule has 0 fully saturated rings. The van der Waals surface area contributed by atoms with Crippen LogP contribution in [0.5, 0.6) is 11.5 Å². The van der Waals surface area contributed by atoms with Gasteiger partial charge in [0.25, 0.3) is 0 Å². The average molecular weight is 454 g/mol. The van der Waals surface area contributed by atoms with Gasteiger partial charge >= 0.3 is 5.97 Å². The van der Waals surface area contributed by atoms with E-state index in [1.165, 1.54) is 0 Å². The number of para-hydroxylation sites is 2. The maximum atomic E-state index is 12.7. The summed E-state index contributed by atoms with van der Waals surface area (Å²) in [6, 6.07) is 11.2. The number of hydrogen-bond acceptors (Lipinski definition) is 4. The molecule has 2 aromatic carbocycles. The third-order valence-electron chi connectivity index (χ3n) is 5.20. The van der Waals surface area contributed by atoms with E-state index >= 15 is 0 Å². The van der Waals surface area contributed by atoms with Crippen LogP contribution < -0.4 is 14.8 Å². The van der Waals surface area contributed by atoms with E-state index in [0.717, 1.165) is 47.3 Å². The zero-order valence-electron chi connectivity index (χ0n) is 20.1. The van der Waals surface area contributed by atoms with Gasteiger partial charge in [-0.25, -0.2) is 0 Å². The summed E-state index contributed by atoms with van der Waals surface area (Å²) < 4.78 is 11.6. The molecule has 2 N–H and O–H groups in total. The maximum Gasteiger partial charge on any atom is 0.303 e. The monoisotopic (exact) mass is 453 g/mol. The van der Waals surface area contributed by atoms with Gasteiger partial charge in [0.15, 0.2) is 0 Å². The van der Waals surface area contributed by atoms with Crippen molar-refractivity contribution in [1.29, 1.82) is 0 Å². The van der Waals surface area contributed by atoms with Crippen molar-refractivity contribution in [2.75, 3.05) is 18.5 Å². The summed E-state index contributed by atoms with van der Waals surface area (Å²) in [5.74, 6) is 0.311. The Kier molecular flexibility index (Phi) is 10.5. The molecule has 6 heteroatoms. The summed E-state index contributed by atoms with van der Waals surface area (Å²) in [5, 5.41) is 11.6. The van der Waals surface area contributed by atoms with Crippen molar-refractivity contribution in [1.82, 2.24) is 0 Å². The van der Waals surface area contributed by atoms with E-state index < -0.39 is 5.97 Å². The smallest absolute Gasteiger partial charge is 0.303 e. The molecule has 2 aromatic rings. The van der Waals surface area contributed by atoms with Gasteiger partial charge in [0.2, 0.25) is 5.91 Å². The summed E-state index contributed by atoms with van der Waals surface area (Å²) in [5.41, 5.74) is 4.46. The Labute approximate surface area is 196 Å². The first-order valence-electron chi connectivity index (χ1n) is 11.5. The van der Waals surface area contributed by atoms with Crippen molar-refractivity contribution in [3.63, 3.8) is 0 Å². The number of unbranched alkanes of at least 4 members (excludes halogenated alkanes) is 2. The van der Waals surface area contributed by atoms with E-state index in [2.05, 4.69) is 12.2 Å². The van der Waals surface area contributed by atoms with Gasteiger partial charge < -0.3 is 19.9 Å². The molecule has 0 saturated carbocycles. The Morgan fingerprint density at radius 3 is 2.33 bits per heavy atom. The van der Waals surface area contributed by atoms with Crippen molar-refractivity contribution in [3.8, 4) is 11.5 Å². The molecule has 2 rings (SSSR count). The minimum atomic E-state index is -0.859. The predicted octanol–water partition coefficient (Wildman–Crippen LogP) is 6.16. The van der Waals surface area contributed by atoms with Crippen molar-refractivity contribution < 1.29 is 24.2 Å². The van der Waals surface area contributed by atoms with E-state index in [1.54, 1.807) is 24.3 Å². The fourth-order valence-electron chi connectivity index (χ4n) is 3.48. The molecule has 0 aliphatic rings. The molecule has 0 saturated heterocycles. The van der Waals surface area contributed by atoms with Crippen molar-refractivity contribution in [2.24, 2.45) is 0 Å². The first-order chi connectivity index (χ1) is 15.8. The number of aliphatic carboxylic acids is 1. The molecular weight excluding hydrogens is 418 g/mol. The fraction of sp³-hybridized carbons (Fsp3) is 0.407. The number of carbonyl (C=O) groups excluding carboxylic acids is 1. The Balaban J connectivity index is 2.05. The molecule has 0 unspecified atom stereocenters. The number of hydrogen-bond donors (Lipinski definition) is 2. The van der Waals surface area contributed by atoms with E-state index in [4.69, 9.17) is 14.6 Å². The minimum absolute atomic E-state index is 0.0395. The van der Waals surface area contributed by atoms with Crippen LogP contribution in [0.25, 0.3) is 5.57 Å². The van der Waals surface area contributed by atoms with Crippen LogP contribution in [0.4, 0.5) is 5.69 Å². The zero-order valence-corrected chi connectivity index (χ0v) is 20.1. The van der Waals surface area contributed by atoms with Crippen molar-refractivity contribution in [3.05, 3.63) is 59.2 Å². The second-order valence-corrected chi connectivity index (χ2v) is 8.15. The summed E-state index contributed by atoms with van der Waals surface area (Å²) >= 11 is 0. The SMILES string of the molecule is CCCCCOc1c(C)cc(/C(C)=C/C(=O)Nc2ccccc2OCCCC(=O)O)cc1C. The third-order valence-corrected chi connectivity index (χ3v) is 5.20. The molecule has 0 atom stereocenters. The van der Waals surface area contributed by atoms with Crippen LogP contribution >= 0.6 is 0 Å². The minimum Gasteiger partial charge on any atom is -0.493 e. The summed E-state index contributed by atoms with van der Waals surface area (Å²) in [4.78, 5) is 23.3. The van der Waals surface area contributed by atoms with Crippen LogP contribution in [0.1, 0.15) is 62.6 Å². The molecule has 33 heavy (non-hydrogen) atoms. The molecule has 0 aliphatic carbocycles. The van der Waals surface area contributed by atoms with Crippen LogP contribution in [0.15, 0.2) is 42.5 Å². The van der Waals surface area contributed by atoms with Gasteiger partial charge in [0.1, 0.15) is 11.5 Å². The van der Waals surface area contributed by atoms with Crippen LogP contribution in [-0.2, 0) is 9.59 Å². The lowest BCUT2D eigenvalue weighted by molar-refractivity contribution is -0.137. The lowest BCUT2D eigenvalue weighted by Crippen LogP contribution is -2.11. The lowest BCUT2D eigenvalue weighted by atomic mass is 10.00. The average Bonchev–Trinajstić information content (AvgIpc) is 2.76. The molecular formula is C27H35NO5. The highest BCUT2D eigenvalue weighted by molar-refractivity contribution is 6.04.